The van der Waals surface area contributed by atoms with Gasteiger partial charge in [-0.1, -0.05) is 17.3 Å². The minimum atomic E-state index is -0.242. The third-order valence-corrected chi connectivity index (χ3v) is 4.92. The first-order valence-electron chi connectivity index (χ1n) is 7.69. The van der Waals surface area contributed by atoms with E-state index in [1.807, 2.05) is 28.9 Å². The molecule has 0 unspecified atom stereocenters. The van der Waals surface area contributed by atoms with Gasteiger partial charge in [-0.3, -0.25) is 0 Å². The number of fused-ring (bicyclic) bond motifs is 1. The normalized spacial score (nSPS) is 11.5. The molecule has 4 rings (SSSR count). The van der Waals surface area contributed by atoms with Gasteiger partial charge in [0.25, 0.3) is 0 Å². The van der Waals surface area contributed by atoms with Crippen LogP contribution in [0.3, 0.4) is 0 Å². The van der Waals surface area contributed by atoms with E-state index in [9.17, 15) is 4.39 Å². The van der Waals surface area contributed by atoms with E-state index < -0.39 is 0 Å². The fraction of sp³-hybridized carbons (Fsp3) is 0.167. The first-order chi connectivity index (χ1) is 11.6. The number of hydrogen-bond acceptors (Lipinski definition) is 4. The van der Waals surface area contributed by atoms with E-state index in [1.54, 1.807) is 12.3 Å². The molecule has 4 aromatic rings. The Labute approximate surface area is 142 Å². The van der Waals surface area contributed by atoms with Crippen LogP contribution in [-0.4, -0.2) is 20.0 Å². The first-order valence-corrected chi connectivity index (χ1v) is 8.50. The Bertz CT molecular complexity index is 1020. The summed E-state index contributed by atoms with van der Waals surface area (Å²) < 4.78 is 15.3. The van der Waals surface area contributed by atoms with E-state index in [0.717, 1.165) is 32.0 Å². The number of nitrogens with zero attached hydrogens (tertiary/aromatic N) is 4. The average molecular weight is 338 g/mol. The molecule has 0 radical (unpaired) electrons. The number of aromatic nitrogens is 4. The standard InChI is InChI=1S/C18H15FN4S/c1-11(2)23-16-7-6-13(9-15(16)21-22-23)18-20-10-17(24-18)12-4-3-5-14(19)8-12/h3-11H,1-2H3. The van der Waals surface area contributed by atoms with Gasteiger partial charge in [-0.25, -0.2) is 14.1 Å². The Hall–Kier alpha value is -2.60. The van der Waals surface area contributed by atoms with Crippen molar-refractivity contribution < 1.29 is 4.39 Å². The molecule has 0 aliphatic carbocycles. The van der Waals surface area contributed by atoms with Gasteiger partial charge >= 0.3 is 0 Å². The van der Waals surface area contributed by atoms with Gasteiger partial charge in [0.2, 0.25) is 0 Å². The van der Waals surface area contributed by atoms with Crippen LogP contribution in [0.25, 0.3) is 32.0 Å². The topological polar surface area (TPSA) is 43.6 Å². The van der Waals surface area contributed by atoms with Gasteiger partial charge in [0.15, 0.2) is 0 Å². The number of halogens is 1. The van der Waals surface area contributed by atoms with Crippen molar-refractivity contribution >= 4 is 22.4 Å². The molecule has 0 bridgehead atoms. The van der Waals surface area contributed by atoms with E-state index in [-0.39, 0.29) is 11.9 Å². The second-order valence-electron chi connectivity index (χ2n) is 5.87. The molecule has 4 nitrogen and oxygen atoms in total. The van der Waals surface area contributed by atoms with Gasteiger partial charge in [0, 0.05) is 17.8 Å². The summed E-state index contributed by atoms with van der Waals surface area (Å²) in [6, 6.07) is 12.9. The van der Waals surface area contributed by atoms with Crippen molar-refractivity contribution in [1.29, 1.82) is 0 Å². The molecule has 0 spiro atoms. The second kappa shape index (κ2) is 5.79. The highest BCUT2D eigenvalue weighted by molar-refractivity contribution is 7.18. The third-order valence-electron chi connectivity index (χ3n) is 3.82. The predicted molar refractivity (Wildman–Crippen MR) is 94.4 cm³/mol. The Morgan fingerprint density at radius 3 is 2.75 bits per heavy atom. The van der Waals surface area contributed by atoms with Gasteiger partial charge in [-0.2, -0.15) is 0 Å². The monoisotopic (exact) mass is 338 g/mol. The predicted octanol–water partition coefficient (Wildman–Crippen LogP) is 4.94. The lowest BCUT2D eigenvalue weighted by Gasteiger charge is -2.05. The Morgan fingerprint density at radius 1 is 1.08 bits per heavy atom. The van der Waals surface area contributed by atoms with Crippen LogP contribution in [0, 0.1) is 5.82 Å². The summed E-state index contributed by atoms with van der Waals surface area (Å²) >= 11 is 1.54. The van der Waals surface area contributed by atoms with Crippen LogP contribution in [0.4, 0.5) is 4.39 Å². The average Bonchev–Trinajstić information content (AvgIpc) is 3.21. The summed E-state index contributed by atoms with van der Waals surface area (Å²) in [5, 5.41) is 9.33. The third kappa shape index (κ3) is 2.59. The molecule has 0 aliphatic heterocycles. The SMILES string of the molecule is CC(C)n1nnc2cc(-c3ncc(-c4cccc(F)c4)s3)ccc21. The highest BCUT2D eigenvalue weighted by atomic mass is 32.1. The quantitative estimate of drug-likeness (QED) is 0.531. The van der Waals surface area contributed by atoms with E-state index in [4.69, 9.17) is 0 Å². The van der Waals surface area contributed by atoms with Crippen LogP contribution >= 0.6 is 11.3 Å². The van der Waals surface area contributed by atoms with E-state index in [2.05, 4.69) is 29.1 Å². The maximum absolute atomic E-state index is 13.4. The molecule has 0 aliphatic rings. The van der Waals surface area contributed by atoms with Gasteiger partial charge in [-0.15, -0.1) is 16.4 Å². The lowest BCUT2D eigenvalue weighted by molar-refractivity contribution is 0.530. The molecule has 0 fully saturated rings. The van der Waals surface area contributed by atoms with Crippen molar-refractivity contribution in [3.05, 3.63) is 54.5 Å². The van der Waals surface area contributed by atoms with Gasteiger partial charge in [-0.05, 0) is 49.7 Å². The Balaban J connectivity index is 1.73. The number of benzene rings is 2. The Morgan fingerprint density at radius 2 is 1.96 bits per heavy atom. The lowest BCUT2D eigenvalue weighted by atomic mass is 10.2. The maximum atomic E-state index is 13.4. The van der Waals surface area contributed by atoms with E-state index in [0.29, 0.717) is 0 Å². The zero-order valence-electron chi connectivity index (χ0n) is 13.3. The van der Waals surface area contributed by atoms with Crippen molar-refractivity contribution in [2.45, 2.75) is 19.9 Å². The molecular formula is C18H15FN4S. The summed E-state index contributed by atoms with van der Waals surface area (Å²) in [5.74, 6) is -0.242. The van der Waals surface area contributed by atoms with Crippen LogP contribution in [0.15, 0.2) is 48.7 Å². The lowest BCUT2D eigenvalue weighted by Crippen LogP contribution is -2.02. The molecule has 0 amide bonds. The largest absolute Gasteiger partial charge is 0.244 e. The molecule has 0 atom stereocenters. The minimum absolute atomic E-state index is 0.242. The fourth-order valence-electron chi connectivity index (χ4n) is 2.64. The molecule has 2 heterocycles. The molecule has 24 heavy (non-hydrogen) atoms. The summed E-state index contributed by atoms with van der Waals surface area (Å²) in [5.41, 5.74) is 3.69. The van der Waals surface area contributed by atoms with Crippen molar-refractivity contribution in [2.75, 3.05) is 0 Å². The minimum Gasteiger partial charge on any atom is -0.244 e. The molecular weight excluding hydrogens is 323 g/mol. The summed E-state index contributed by atoms with van der Waals surface area (Å²) in [4.78, 5) is 5.42. The molecule has 0 saturated carbocycles. The number of thiazole rings is 1. The first kappa shape index (κ1) is 15.0. The zero-order valence-corrected chi connectivity index (χ0v) is 14.1. The summed E-state index contributed by atoms with van der Waals surface area (Å²) in [6.07, 6.45) is 1.78. The van der Waals surface area contributed by atoms with Gasteiger partial charge < -0.3 is 0 Å². The molecule has 0 N–H and O–H groups in total. The molecule has 2 aromatic carbocycles. The van der Waals surface area contributed by atoms with Crippen LogP contribution in [-0.2, 0) is 0 Å². The summed E-state index contributed by atoms with van der Waals surface area (Å²) in [6.45, 7) is 4.16. The van der Waals surface area contributed by atoms with Crippen molar-refractivity contribution in [2.24, 2.45) is 0 Å². The highest BCUT2D eigenvalue weighted by Gasteiger charge is 2.11. The Kier molecular flexibility index (Phi) is 3.61. The molecule has 2 aromatic heterocycles. The van der Waals surface area contributed by atoms with Crippen LogP contribution in [0.2, 0.25) is 0 Å². The zero-order chi connectivity index (χ0) is 16.7. The van der Waals surface area contributed by atoms with Gasteiger partial charge in [0.1, 0.15) is 16.3 Å². The molecule has 0 saturated heterocycles. The van der Waals surface area contributed by atoms with E-state index in [1.165, 1.54) is 23.5 Å². The second-order valence-corrected chi connectivity index (χ2v) is 6.90. The summed E-state index contributed by atoms with van der Waals surface area (Å²) in [7, 11) is 0. The van der Waals surface area contributed by atoms with Crippen LogP contribution < -0.4 is 0 Å². The van der Waals surface area contributed by atoms with Gasteiger partial charge in [0.05, 0.1) is 10.4 Å². The van der Waals surface area contributed by atoms with Crippen LogP contribution in [0.5, 0.6) is 0 Å². The molecule has 120 valence electrons. The molecule has 6 heteroatoms. The van der Waals surface area contributed by atoms with Crippen molar-refractivity contribution in [1.82, 2.24) is 20.0 Å². The van der Waals surface area contributed by atoms with Crippen molar-refractivity contribution in [3.63, 3.8) is 0 Å². The van der Waals surface area contributed by atoms with Crippen molar-refractivity contribution in [3.8, 4) is 21.0 Å². The maximum Gasteiger partial charge on any atom is 0.123 e. The number of rotatable bonds is 3. The van der Waals surface area contributed by atoms with Crippen LogP contribution in [0.1, 0.15) is 19.9 Å². The smallest absolute Gasteiger partial charge is 0.123 e. The highest BCUT2D eigenvalue weighted by Crippen LogP contribution is 2.33. The van der Waals surface area contributed by atoms with E-state index >= 15 is 0 Å². The fourth-order valence-corrected chi connectivity index (χ4v) is 3.55. The number of hydrogen-bond donors (Lipinski definition) is 0.